The molecule has 0 amide bonds. The predicted molar refractivity (Wildman–Crippen MR) is 47.7 cm³/mol. The summed E-state index contributed by atoms with van der Waals surface area (Å²) in [5.74, 6) is 0.613. The standard InChI is InChI=1S/C8H14O3S/c1-10-8(9)7-3-6(4-7)5-11-12-2/h6-7H,3-5H2,1-2H3. The molecule has 0 aromatic carbocycles. The lowest BCUT2D eigenvalue weighted by Gasteiger charge is -2.32. The Kier molecular flexibility index (Phi) is 3.88. The molecule has 1 aliphatic rings. The van der Waals surface area contributed by atoms with E-state index in [2.05, 4.69) is 4.74 Å². The van der Waals surface area contributed by atoms with E-state index in [9.17, 15) is 4.79 Å². The molecule has 0 aromatic heterocycles. The molecule has 1 rings (SSSR count). The summed E-state index contributed by atoms with van der Waals surface area (Å²) in [6, 6.07) is 0. The molecule has 0 N–H and O–H groups in total. The Hall–Kier alpha value is -0.220. The molecular formula is C8H14O3S. The van der Waals surface area contributed by atoms with Crippen LogP contribution in [0.3, 0.4) is 0 Å². The first-order valence-corrected chi connectivity index (χ1v) is 5.16. The molecule has 0 radical (unpaired) electrons. The topological polar surface area (TPSA) is 35.5 Å². The van der Waals surface area contributed by atoms with Gasteiger partial charge in [0.25, 0.3) is 0 Å². The van der Waals surface area contributed by atoms with E-state index in [1.807, 2.05) is 6.26 Å². The van der Waals surface area contributed by atoms with E-state index in [1.54, 1.807) is 0 Å². The Bertz CT molecular complexity index is 154. The molecule has 1 aliphatic carbocycles. The number of rotatable bonds is 4. The van der Waals surface area contributed by atoms with Gasteiger partial charge in [-0.25, -0.2) is 0 Å². The quantitative estimate of drug-likeness (QED) is 0.497. The molecule has 0 bridgehead atoms. The Morgan fingerprint density at radius 3 is 2.75 bits per heavy atom. The molecule has 0 saturated heterocycles. The maximum absolute atomic E-state index is 10.9. The molecule has 0 spiro atoms. The van der Waals surface area contributed by atoms with E-state index in [0.717, 1.165) is 19.4 Å². The molecule has 70 valence electrons. The second-order valence-corrected chi connectivity index (χ2v) is 3.58. The summed E-state index contributed by atoms with van der Waals surface area (Å²) in [5, 5.41) is 0. The van der Waals surface area contributed by atoms with Gasteiger partial charge in [-0.3, -0.25) is 4.79 Å². The minimum absolute atomic E-state index is 0.0737. The van der Waals surface area contributed by atoms with Crippen molar-refractivity contribution in [2.75, 3.05) is 20.0 Å². The zero-order chi connectivity index (χ0) is 8.97. The van der Waals surface area contributed by atoms with Gasteiger partial charge in [-0.15, -0.1) is 0 Å². The van der Waals surface area contributed by atoms with Crippen LogP contribution in [0, 0.1) is 11.8 Å². The van der Waals surface area contributed by atoms with Gasteiger partial charge < -0.3 is 8.92 Å². The van der Waals surface area contributed by atoms with Crippen molar-refractivity contribution in [2.24, 2.45) is 11.8 Å². The van der Waals surface area contributed by atoms with Crippen LogP contribution in [-0.2, 0) is 13.7 Å². The average molecular weight is 190 g/mol. The second-order valence-electron chi connectivity index (χ2n) is 3.01. The molecule has 0 aromatic rings. The fraction of sp³-hybridized carbons (Fsp3) is 0.875. The van der Waals surface area contributed by atoms with Crippen molar-refractivity contribution < 1.29 is 13.7 Å². The van der Waals surface area contributed by atoms with Gasteiger partial charge in [-0.1, -0.05) is 0 Å². The number of carbonyl (C=O) groups excluding carboxylic acids is 1. The van der Waals surface area contributed by atoms with Crippen molar-refractivity contribution in [1.29, 1.82) is 0 Å². The number of hydrogen-bond donors (Lipinski definition) is 0. The zero-order valence-electron chi connectivity index (χ0n) is 7.41. The third-order valence-electron chi connectivity index (χ3n) is 2.19. The molecule has 3 nitrogen and oxygen atoms in total. The van der Waals surface area contributed by atoms with Gasteiger partial charge in [0.05, 0.1) is 19.6 Å². The summed E-state index contributed by atoms with van der Waals surface area (Å²) in [7, 11) is 1.44. The lowest BCUT2D eigenvalue weighted by molar-refractivity contribution is -0.150. The van der Waals surface area contributed by atoms with Gasteiger partial charge in [0.1, 0.15) is 0 Å². The Labute approximate surface area is 77.0 Å². The highest BCUT2D eigenvalue weighted by Crippen LogP contribution is 2.35. The lowest BCUT2D eigenvalue weighted by Crippen LogP contribution is -2.33. The third-order valence-corrected chi connectivity index (χ3v) is 2.56. The highest BCUT2D eigenvalue weighted by Gasteiger charge is 2.35. The van der Waals surface area contributed by atoms with Crippen LogP contribution in [-0.4, -0.2) is 25.9 Å². The van der Waals surface area contributed by atoms with Gasteiger partial charge in [-0.2, -0.15) is 0 Å². The number of carbonyl (C=O) groups is 1. The fourth-order valence-corrected chi connectivity index (χ4v) is 1.72. The Balaban J connectivity index is 2.07. The molecule has 4 heteroatoms. The van der Waals surface area contributed by atoms with E-state index < -0.39 is 0 Å². The normalized spacial score (nSPS) is 27.8. The van der Waals surface area contributed by atoms with Crippen molar-refractivity contribution in [3.8, 4) is 0 Å². The maximum Gasteiger partial charge on any atom is 0.308 e. The summed E-state index contributed by atoms with van der Waals surface area (Å²) in [5.41, 5.74) is 0. The van der Waals surface area contributed by atoms with Crippen molar-refractivity contribution >= 4 is 18.0 Å². The van der Waals surface area contributed by atoms with Crippen LogP contribution in [0.4, 0.5) is 0 Å². The Morgan fingerprint density at radius 1 is 1.58 bits per heavy atom. The molecule has 12 heavy (non-hydrogen) atoms. The SMILES string of the molecule is COC(=O)C1CC(COSC)C1. The monoisotopic (exact) mass is 190 g/mol. The second kappa shape index (κ2) is 4.72. The van der Waals surface area contributed by atoms with E-state index in [4.69, 9.17) is 4.18 Å². The van der Waals surface area contributed by atoms with Crippen LogP contribution in [0.25, 0.3) is 0 Å². The largest absolute Gasteiger partial charge is 0.469 e. The van der Waals surface area contributed by atoms with Crippen molar-refractivity contribution in [3.05, 3.63) is 0 Å². The van der Waals surface area contributed by atoms with Crippen molar-refractivity contribution in [2.45, 2.75) is 12.8 Å². The third kappa shape index (κ3) is 2.38. The van der Waals surface area contributed by atoms with Crippen LogP contribution in [0.1, 0.15) is 12.8 Å². The van der Waals surface area contributed by atoms with E-state index in [0.29, 0.717) is 5.92 Å². The lowest BCUT2D eigenvalue weighted by atomic mass is 9.75. The van der Waals surface area contributed by atoms with Crippen LogP contribution in [0.15, 0.2) is 0 Å². The smallest absolute Gasteiger partial charge is 0.308 e. The van der Waals surface area contributed by atoms with Crippen LogP contribution >= 0.6 is 12.0 Å². The van der Waals surface area contributed by atoms with E-state index >= 15 is 0 Å². The highest BCUT2D eigenvalue weighted by molar-refractivity contribution is 7.93. The molecular weight excluding hydrogens is 176 g/mol. The van der Waals surface area contributed by atoms with Crippen LogP contribution < -0.4 is 0 Å². The van der Waals surface area contributed by atoms with Crippen LogP contribution in [0.5, 0.6) is 0 Å². The summed E-state index contributed by atoms with van der Waals surface area (Å²) in [6.45, 7) is 0.759. The average Bonchev–Trinajstić information content (AvgIpc) is 2.01. The van der Waals surface area contributed by atoms with Gasteiger partial charge in [0.2, 0.25) is 0 Å². The van der Waals surface area contributed by atoms with Crippen molar-refractivity contribution in [3.63, 3.8) is 0 Å². The number of hydrogen-bond acceptors (Lipinski definition) is 4. The van der Waals surface area contributed by atoms with E-state index in [1.165, 1.54) is 19.2 Å². The first kappa shape index (κ1) is 9.86. The van der Waals surface area contributed by atoms with Crippen molar-refractivity contribution in [1.82, 2.24) is 0 Å². The van der Waals surface area contributed by atoms with Crippen LogP contribution in [0.2, 0.25) is 0 Å². The molecule has 0 unspecified atom stereocenters. The van der Waals surface area contributed by atoms with Gasteiger partial charge in [0.15, 0.2) is 0 Å². The first-order chi connectivity index (χ1) is 5.77. The first-order valence-electron chi connectivity index (χ1n) is 4.01. The minimum Gasteiger partial charge on any atom is -0.469 e. The molecule has 0 heterocycles. The number of methoxy groups -OCH3 is 1. The summed E-state index contributed by atoms with van der Waals surface area (Å²) in [6.07, 6.45) is 3.75. The maximum atomic E-state index is 10.9. The zero-order valence-corrected chi connectivity index (χ0v) is 8.23. The van der Waals surface area contributed by atoms with E-state index in [-0.39, 0.29) is 11.9 Å². The predicted octanol–water partition coefficient (Wildman–Crippen LogP) is 1.48. The summed E-state index contributed by atoms with van der Waals surface area (Å²) >= 11 is 1.38. The minimum atomic E-state index is -0.0737. The summed E-state index contributed by atoms with van der Waals surface area (Å²) < 4.78 is 9.79. The van der Waals surface area contributed by atoms with Gasteiger partial charge in [0, 0.05) is 6.26 Å². The molecule has 1 saturated carbocycles. The highest BCUT2D eigenvalue weighted by atomic mass is 32.2. The summed E-state index contributed by atoms with van der Waals surface area (Å²) in [4.78, 5) is 10.9. The Morgan fingerprint density at radius 2 is 2.25 bits per heavy atom. The molecule has 0 atom stereocenters. The fourth-order valence-electron chi connectivity index (χ4n) is 1.40. The molecule has 0 aliphatic heterocycles. The molecule has 1 fully saturated rings. The number of esters is 1. The number of ether oxygens (including phenoxy) is 1. The van der Waals surface area contributed by atoms with Gasteiger partial charge in [-0.05, 0) is 30.8 Å². The van der Waals surface area contributed by atoms with Gasteiger partial charge >= 0.3 is 5.97 Å².